The molecule has 80 valence electrons. The van der Waals surface area contributed by atoms with Crippen LogP contribution in [0.1, 0.15) is 52.9 Å². The van der Waals surface area contributed by atoms with E-state index in [1.54, 1.807) is 0 Å². The summed E-state index contributed by atoms with van der Waals surface area (Å²) in [6.45, 7) is 6.64. The molecule has 14 heavy (non-hydrogen) atoms. The van der Waals surface area contributed by atoms with Gasteiger partial charge in [-0.05, 0) is 37.5 Å². The molecule has 1 saturated carbocycles. The van der Waals surface area contributed by atoms with Crippen molar-refractivity contribution in [3.63, 3.8) is 0 Å². The minimum Gasteiger partial charge on any atom is -0.198 e. The van der Waals surface area contributed by atoms with Crippen molar-refractivity contribution in [2.75, 3.05) is 0 Å². The minimum absolute atomic E-state index is 0.291. The van der Waals surface area contributed by atoms with Crippen LogP contribution in [0.25, 0.3) is 0 Å². The first-order valence-electron chi connectivity index (χ1n) is 6.12. The molecule has 0 spiro atoms. The Bertz CT molecular complexity index is 204. The van der Waals surface area contributed by atoms with E-state index in [4.69, 9.17) is 5.26 Å². The Labute approximate surface area is 88.5 Å². The van der Waals surface area contributed by atoms with Crippen molar-refractivity contribution < 1.29 is 0 Å². The predicted molar refractivity (Wildman–Crippen MR) is 59.7 cm³/mol. The summed E-state index contributed by atoms with van der Waals surface area (Å²) in [4.78, 5) is 0. The second-order valence-electron chi connectivity index (χ2n) is 4.88. The highest BCUT2D eigenvalue weighted by atomic mass is 14.5. The van der Waals surface area contributed by atoms with Crippen molar-refractivity contribution in [2.24, 2.45) is 23.7 Å². The van der Waals surface area contributed by atoms with Gasteiger partial charge in [-0.2, -0.15) is 5.26 Å². The van der Waals surface area contributed by atoms with Crippen molar-refractivity contribution in [1.29, 1.82) is 5.26 Å². The highest BCUT2D eigenvalue weighted by molar-refractivity contribution is 4.98. The second kappa shape index (κ2) is 5.39. The van der Waals surface area contributed by atoms with E-state index in [-0.39, 0.29) is 0 Å². The average molecular weight is 193 g/mol. The third kappa shape index (κ3) is 3.01. The predicted octanol–water partition coefficient (Wildman–Crippen LogP) is 4.00. The van der Waals surface area contributed by atoms with Gasteiger partial charge in [0.15, 0.2) is 0 Å². The van der Waals surface area contributed by atoms with Crippen molar-refractivity contribution in [3.8, 4) is 6.07 Å². The fourth-order valence-corrected chi connectivity index (χ4v) is 2.58. The number of nitrogens with zero attached hydrogens (tertiary/aromatic N) is 1. The smallest absolute Gasteiger partial charge is 0.0655 e. The molecule has 1 heteroatoms. The van der Waals surface area contributed by atoms with E-state index in [0.29, 0.717) is 5.92 Å². The molecule has 0 heterocycles. The lowest BCUT2D eigenvalue weighted by atomic mass is 9.92. The molecular formula is C13H23N. The van der Waals surface area contributed by atoms with Crippen molar-refractivity contribution in [1.82, 2.24) is 0 Å². The monoisotopic (exact) mass is 193 g/mol. The van der Waals surface area contributed by atoms with Crippen molar-refractivity contribution >= 4 is 0 Å². The molecule has 0 saturated heterocycles. The third-order valence-corrected chi connectivity index (χ3v) is 3.73. The summed E-state index contributed by atoms with van der Waals surface area (Å²) in [5.74, 6) is 2.81. The summed E-state index contributed by atoms with van der Waals surface area (Å²) >= 11 is 0. The molecule has 0 radical (unpaired) electrons. The first-order valence-corrected chi connectivity index (χ1v) is 6.12. The summed E-state index contributed by atoms with van der Waals surface area (Å²) in [5.41, 5.74) is 0. The molecule has 0 aromatic carbocycles. The van der Waals surface area contributed by atoms with Crippen LogP contribution in [-0.4, -0.2) is 0 Å². The number of rotatable bonds is 6. The van der Waals surface area contributed by atoms with Crippen LogP contribution >= 0.6 is 0 Å². The zero-order chi connectivity index (χ0) is 10.6. The van der Waals surface area contributed by atoms with Crippen molar-refractivity contribution in [3.05, 3.63) is 0 Å². The highest BCUT2D eigenvalue weighted by Gasteiger charge is 2.41. The van der Waals surface area contributed by atoms with E-state index in [2.05, 4.69) is 26.8 Å². The lowest BCUT2D eigenvalue weighted by Crippen LogP contribution is -2.02. The van der Waals surface area contributed by atoms with Gasteiger partial charge in [0.1, 0.15) is 0 Å². The molecular weight excluding hydrogens is 170 g/mol. The van der Waals surface area contributed by atoms with Crippen LogP contribution in [0.4, 0.5) is 0 Å². The first kappa shape index (κ1) is 11.6. The Morgan fingerprint density at radius 1 is 1.43 bits per heavy atom. The molecule has 0 N–H and O–H groups in total. The van der Waals surface area contributed by atoms with Crippen LogP contribution in [-0.2, 0) is 0 Å². The van der Waals surface area contributed by atoms with Gasteiger partial charge in [0.05, 0.1) is 6.07 Å². The van der Waals surface area contributed by atoms with E-state index in [1.807, 2.05) is 0 Å². The van der Waals surface area contributed by atoms with Crippen LogP contribution in [0.15, 0.2) is 0 Å². The molecule has 1 fully saturated rings. The quantitative estimate of drug-likeness (QED) is 0.625. The largest absolute Gasteiger partial charge is 0.198 e. The molecule has 0 aromatic heterocycles. The topological polar surface area (TPSA) is 23.8 Å². The van der Waals surface area contributed by atoms with E-state index >= 15 is 0 Å². The maximum absolute atomic E-state index is 8.81. The number of hydrogen-bond donors (Lipinski definition) is 0. The maximum atomic E-state index is 8.81. The Hall–Kier alpha value is -0.510. The van der Waals surface area contributed by atoms with Crippen LogP contribution < -0.4 is 0 Å². The minimum atomic E-state index is 0.291. The summed E-state index contributed by atoms with van der Waals surface area (Å²) in [6, 6.07) is 2.38. The molecule has 1 rings (SSSR count). The molecule has 1 nitrogen and oxygen atoms in total. The fraction of sp³-hybridized carbons (Fsp3) is 0.923. The van der Waals surface area contributed by atoms with Gasteiger partial charge >= 0.3 is 0 Å². The molecule has 4 atom stereocenters. The SMILES string of the molecule is CCCC(CC)CC1CC1C(C)C#N. The Morgan fingerprint density at radius 2 is 2.14 bits per heavy atom. The summed E-state index contributed by atoms with van der Waals surface area (Å²) < 4.78 is 0. The lowest BCUT2D eigenvalue weighted by Gasteiger charge is -2.13. The average Bonchev–Trinajstić information content (AvgIpc) is 2.95. The fourth-order valence-electron chi connectivity index (χ4n) is 2.58. The van der Waals surface area contributed by atoms with Gasteiger partial charge < -0.3 is 0 Å². The van der Waals surface area contributed by atoms with Gasteiger partial charge in [0.2, 0.25) is 0 Å². The molecule has 0 bridgehead atoms. The zero-order valence-electron chi connectivity index (χ0n) is 9.79. The lowest BCUT2D eigenvalue weighted by molar-refractivity contribution is 0.389. The zero-order valence-corrected chi connectivity index (χ0v) is 9.79. The van der Waals surface area contributed by atoms with Crippen LogP contribution in [0.2, 0.25) is 0 Å². The molecule has 4 unspecified atom stereocenters. The summed E-state index contributed by atoms with van der Waals surface area (Å²) in [6.07, 6.45) is 6.69. The third-order valence-electron chi connectivity index (χ3n) is 3.73. The van der Waals surface area contributed by atoms with Gasteiger partial charge in [0, 0.05) is 5.92 Å². The summed E-state index contributed by atoms with van der Waals surface area (Å²) in [7, 11) is 0. The van der Waals surface area contributed by atoms with E-state index in [1.165, 1.54) is 32.1 Å². The molecule has 1 aliphatic rings. The van der Waals surface area contributed by atoms with E-state index in [9.17, 15) is 0 Å². The summed E-state index contributed by atoms with van der Waals surface area (Å²) in [5, 5.41) is 8.81. The van der Waals surface area contributed by atoms with Crippen molar-refractivity contribution in [2.45, 2.75) is 52.9 Å². The Morgan fingerprint density at radius 3 is 2.64 bits per heavy atom. The molecule has 1 aliphatic carbocycles. The Kier molecular flexibility index (Phi) is 4.45. The molecule has 0 aliphatic heterocycles. The van der Waals surface area contributed by atoms with Crippen LogP contribution in [0.5, 0.6) is 0 Å². The van der Waals surface area contributed by atoms with Crippen LogP contribution in [0, 0.1) is 35.0 Å². The number of hydrogen-bond acceptors (Lipinski definition) is 1. The standard InChI is InChI=1S/C13H23N/c1-4-6-11(5-2)7-12-8-13(12)10(3)9-14/h10-13H,4-8H2,1-3H3. The molecule has 0 aromatic rings. The highest BCUT2D eigenvalue weighted by Crippen LogP contribution is 2.48. The van der Waals surface area contributed by atoms with Gasteiger partial charge in [-0.3, -0.25) is 0 Å². The van der Waals surface area contributed by atoms with Gasteiger partial charge in [0.25, 0.3) is 0 Å². The first-order chi connectivity index (χ1) is 6.72. The van der Waals surface area contributed by atoms with E-state index < -0.39 is 0 Å². The van der Waals surface area contributed by atoms with Crippen LogP contribution in [0.3, 0.4) is 0 Å². The molecule has 0 amide bonds. The Balaban J connectivity index is 2.24. The second-order valence-corrected chi connectivity index (χ2v) is 4.88. The van der Waals surface area contributed by atoms with Gasteiger partial charge in [-0.1, -0.05) is 33.1 Å². The maximum Gasteiger partial charge on any atom is 0.0655 e. The normalized spacial score (nSPS) is 29.3. The van der Waals surface area contributed by atoms with Gasteiger partial charge in [-0.25, -0.2) is 0 Å². The number of nitriles is 1. The van der Waals surface area contributed by atoms with E-state index in [0.717, 1.165) is 17.8 Å². The van der Waals surface area contributed by atoms with Gasteiger partial charge in [-0.15, -0.1) is 0 Å².